The topological polar surface area (TPSA) is 37.3 Å². The van der Waals surface area contributed by atoms with Crippen LogP contribution in [0.4, 0.5) is 0 Å². The third-order valence-corrected chi connectivity index (χ3v) is 3.44. The molecule has 0 spiro atoms. The highest BCUT2D eigenvalue weighted by molar-refractivity contribution is 5.62. The minimum Gasteiger partial charge on any atom is -0.381 e. The van der Waals surface area contributed by atoms with Gasteiger partial charge in [-0.3, -0.25) is 0 Å². The lowest BCUT2D eigenvalue weighted by Gasteiger charge is -2.46. The molecule has 0 radical (unpaired) electrons. The van der Waals surface area contributed by atoms with Crippen molar-refractivity contribution in [3.63, 3.8) is 0 Å². The van der Waals surface area contributed by atoms with Crippen LogP contribution in [0.2, 0.25) is 0 Å². The minimum absolute atomic E-state index is 0.159. The Kier molecular flexibility index (Phi) is 3.41. The highest BCUT2D eigenvalue weighted by atomic mass is 16.3. The standard InChI is InChI=1S/C15H24O2/c1-13(2,3)12-9-11(10-16)7-8-15(12,17)14(4,5)6/h7-11,17H,1-6H3. The number of allylic oxidation sites excluding steroid dienone is 2. The fraction of sp³-hybridized carbons (Fsp3) is 0.667. The first-order chi connectivity index (χ1) is 7.52. The van der Waals surface area contributed by atoms with Crippen molar-refractivity contribution in [1.82, 2.24) is 0 Å². The van der Waals surface area contributed by atoms with Crippen molar-refractivity contribution in [3.8, 4) is 0 Å². The number of carbonyl (C=O) groups excluding carboxylic acids is 1. The highest BCUT2D eigenvalue weighted by Crippen LogP contribution is 2.47. The van der Waals surface area contributed by atoms with Crippen molar-refractivity contribution in [2.24, 2.45) is 16.7 Å². The second kappa shape index (κ2) is 4.09. The Morgan fingerprint density at radius 1 is 1.24 bits per heavy atom. The molecule has 0 fully saturated rings. The molecular weight excluding hydrogens is 212 g/mol. The van der Waals surface area contributed by atoms with Crippen LogP contribution in [0.15, 0.2) is 23.8 Å². The van der Waals surface area contributed by atoms with E-state index in [1.165, 1.54) is 0 Å². The highest BCUT2D eigenvalue weighted by Gasteiger charge is 2.46. The lowest BCUT2D eigenvalue weighted by Crippen LogP contribution is -2.48. The largest absolute Gasteiger partial charge is 0.381 e. The van der Waals surface area contributed by atoms with Crippen molar-refractivity contribution in [1.29, 1.82) is 0 Å². The Hall–Kier alpha value is -0.890. The maximum atomic E-state index is 10.9. The van der Waals surface area contributed by atoms with Gasteiger partial charge in [-0.15, -0.1) is 0 Å². The summed E-state index contributed by atoms with van der Waals surface area (Å²) in [6.45, 7) is 12.2. The van der Waals surface area contributed by atoms with Crippen LogP contribution in [0, 0.1) is 16.7 Å². The zero-order chi connectivity index (χ0) is 13.5. The van der Waals surface area contributed by atoms with E-state index < -0.39 is 5.60 Å². The lowest BCUT2D eigenvalue weighted by atomic mass is 9.62. The summed E-state index contributed by atoms with van der Waals surface area (Å²) < 4.78 is 0. The molecule has 2 nitrogen and oxygen atoms in total. The minimum atomic E-state index is -0.981. The van der Waals surface area contributed by atoms with Gasteiger partial charge < -0.3 is 9.90 Å². The molecule has 1 N–H and O–H groups in total. The number of carbonyl (C=O) groups is 1. The Morgan fingerprint density at radius 2 is 1.76 bits per heavy atom. The van der Waals surface area contributed by atoms with Gasteiger partial charge in [-0.1, -0.05) is 59.8 Å². The summed E-state index contributed by atoms with van der Waals surface area (Å²) in [6.07, 6.45) is 6.38. The van der Waals surface area contributed by atoms with Gasteiger partial charge in [-0.25, -0.2) is 0 Å². The van der Waals surface area contributed by atoms with Crippen LogP contribution in [-0.4, -0.2) is 17.0 Å². The molecule has 0 amide bonds. The normalized spacial score (nSPS) is 30.1. The number of aldehydes is 1. The van der Waals surface area contributed by atoms with Gasteiger partial charge in [-0.2, -0.15) is 0 Å². The van der Waals surface area contributed by atoms with Crippen LogP contribution in [-0.2, 0) is 4.79 Å². The van der Waals surface area contributed by atoms with E-state index in [-0.39, 0.29) is 16.7 Å². The van der Waals surface area contributed by atoms with Crippen LogP contribution < -0.4 is 0 Å². The van der Waals surface area contributed by atoms with Crippen molar-refractivity contribution in [3.05, 3.63) is 23.8 Å². The summed E-state index contributed by atoms with van der Waals surface area (Å²) in [6, 6.07) is 0. The molecule has 17 heavy (non-hydrogen) atoms. The Bertz CT molecular complexity index is 363. The van der Waals surface area contributed by atoms with Gasteiger partial charge >= 0.3 is 0 Å². The average molecular weight is 236 g/mol. The van der Waals surface area contributed by atoms with E-state index in [1.54, 1.807) is 12.2 Å². The molecule has 0 aromatic rings. The van der Waals surface area contributed by atoms with Crippen LogP contribution >= 0.6 is 0 Å². The molecule has 1 rings (SSSR count). The summed E-state index contributed by atoms with van der Waals surface area (Å²) in [4.78, 5) is 10.9. The van der Waals surface area contributed by atoms with Crippen molar-refractivity contribution in [2.75, 3.05) is 0 Å². The first-order valence-electron chi connectivity index (χ1n) is 6.12. The van der Waals surface area contributed by atoms with Gasteiger partial charge in [0, 0.05) is 0 Å². The molecule has 96 valence electrons. The fourth-order valence-corrected chi connectivity index (χ4v) is 2.28. The third-order valence-electron chi connectivity index (χ3n) is 3.44. The molecule has 0 bridgehead atoms. The fourth-order valence-electron chi connectivity index (χ4n) is 2.28. The van der Waals surface area contributed by atoms with Gasteiger partial charge in [-0.05, 0) is 16.4 Å². The number of rotatable bonds is 1. The second-order valence-electron chi connectivity index (χ2n) is 6.92. The van der Waals surface area contributed by atoms with Crippen molar-refractivity contribution in [2.45, 2.75) is 47.1 Å². The Morgan fingerprint density at radius 3 is 2.12 bits per heavy atom. The van der Waals surface area contributed by atoms with E-state index in [0.29, 0.717) is 0 Å². The Labute approximate surface area is 104 Å². The predicted octanol–water partition coefficient (Wildman–Crippen LogP) is 3.12. The van der Waals surface area contributed by atoms with E-state index in [9.17, 15) is 9.90 Å². The zero-order valence-corrected chi connectivity index (χ0v) is 11.7. The van der Waals surface area contributed by atoms with Crippen LogP contribution in [0.5, 0.6) is 0 Å². The number of hydrogen-bond donors (Lipinski definition) is 1. The maximum Gasteiger partial charge on any atom is 0.130 e. The molecule has 0 aliphatic heterocycles. The molecule has 1 aliphatic rings. The molecule has 2 heteroatoms. The molecular formula is C15H24O2. The van der Waals surface area contributed by atoms with Gasteiger partial charge in [0.05, 0.1) is 5.92 Å². The summed E-state index contributed by atoms with van der Waals surface area (Å²) in [5.41, 5.74) is -0.507. The van der Waals surface area contributed by atoms with Crippen LogP contribution in [0.3, 0.4) is 0 Å². The van der Waals surface area contributed by atoms with E-state index in [1.807, 2.05) is 26.8 Å². The van der Waals surface area contributed by atoms with Crippen LogP contribution in [0.25, 0.3) is 0 Å². The van der Waals surface area contributed by atoms with E-state index in [0.717, 1.165) is 11.9 Å². The molecule has 0 saturated carbocycles. The first kappa shape index (κ1) is 14.2. The summed E-state index contributed by atoms with van der Waals surface area (Å²) >= 11 is 0. The smallest absolute Gasteiger partial charge is 0.130 e. The van der Waals surface area contributed by atoms with Crippen molar-refractivity contribution < 1.29 is 9.90 Å². The first-order valence-corrected chi connectivity index (χ1v) is 6.12. The molecule has 0 saturated heterocycles. The van der Waals surface area contributed by atoms with Gasteiger partial charge in [0.1, 0.15) is 11.9 Å². The quantitative estimate of drug-likeness (QED) is 0.561. The van der Waals surface area contributed by atoms with E-state index >= 15 is 0 Å². The third kappa shape index (κ3) is 2.52. The number of aliphatic hydroxyl groups is 1. The second-order valence-corrected chi connectivity index (χ2v) is 6.92. The lowest BCUT2D eigenvalue weighted by molar-refractivity contribution is -0.109. The molecule has 0 aromatic heterocycles. The van der Waals surface area contributed by atoms with E-state index in [2.05, 4.69) is 20.8 Å². The number of hydrogen-bond acceptors (Lipinski definition) is 2. The van der Waals surface area contributed by atoms with Gasteiger partial charge in [0.2, 0.25) is 0 Å². The predicted molar refractivity (Wildman–Crippen MR) is 70.6 cm³/mol. The molecule has 2 atom stereocenters. The SMILES string of the molecule is CC(C)(C)C1=CC(C=O)C=CC1(O)C(C)(C)C. The van der Waals surface area contributed by atoms with Crippen LogP contribution in [0.1, 0.15) is 41.5 Å². The summed E-state index contributed by atoms with van der Waals surface area (Å²) in [5, 5.41) is 10.9. The zero-order valence-electron chi connectivity index (χ0n) is 11.7. The molecule has 1 aliphatic carbocycles. The van der Waals surface area contributed by atoms with Gasteiger partial charge in [0.25, 0.3) is 0 Å². The molecule has 0 aromatic carbocycles. The maximum absolute atomic E-state index is 10.9. The average Bonchev–Trinajstić information content (AvgIpc) is 2.15. The summed E-state index contributed by atoms with van der Waals surface area (Å²) in [5.74, 6) is -0.216. The Balaban J connectivity index is 3.34. The molecule has 2 unspecified atom stereocenters. The monoisotopic (exact) mass is 236 g/mol. The molecule has 0 heterocycles. The van der Waals surface area contributed by atoms with Gasteiger partial charge in [0.15, 0.2) is 0 Å². The summed E-state index contributed by atoms with van der Waals surface area (Å²) in [7, 11) is 0. The van der Waals surface area contributed by atoms with Crippen molar-refractivity contribution >= 4 is 6.29 Å². The van der Waals surface area contributed by atoms with E-state index in [4.69, 9.17) is 0 Å².